The Bertz CT molecular complexity index is 485. The quantitative estimate of drug-likeness (QED) is 0.840. The van der Waals surface area contributed by atoms with Gasteiger partial charge in [0.1, 0.15) is 0 Å². The molecule has 1 amide bonds. The van der Waals surface area contributed by atoms with Crippen LogP contribution in [-0.4, -0.2) is 41.2 Å². The number of amides is 1. The van der Waals surface area contributed by atoms with E-state index < -0.39 is 0 Å². The van der Waals surface area contributed by atoms with E-state index in [9.17, 15) is 4.79 Å². The number of piperidine rings is 1. The molecule has 5 heteroatoms. The van der Waals surface area contributed by atoms with Crippen molar-refractivity contribution in [1.29, 1.82) is 0 Å². The lowest BCUT2D eigenvalue weighted by Gasteiger charge is -2.44. The minimum atomic E-state index is -0.00388. The highest BCUT2D eigenvalue weighted by Crippen LogP contribution is 2.44. The van der Waals surface area contributed by atoms with Crippen LogP contribution in [0.3, 0.4) is 0 Å². The first-order chi connectivity index (χ1) is 10.2. The monoisotopic (exact) mass is 289 g/mol. The number of ether oxygens (including phenoxy) is 1. The molecule has 0 N–H and O–H groups in total. The smallest absolute Gasteiger partial charge is 0.274 e. The van der Waals surface area contributed by atoms with Gasteiger partial charge in [0.15, 0.2) is 5.69 Å². The molecule has 0 radical (unpaired) electrons. The molecule has 0 unspecified atom stereocenters. The van der Waals surface area contributed by atoms with Crippen molar-refractivity contribution in [2.45, 2.75) is 44.9 Å². The van der Waals surface area contributed by atoms with Crippen molar-refractivity contribution in [3.8, 4) is 5.88 Å². The molecule has 2 aliphatic rings. The number of rotatable bonds is 2. The Hall–Kier alpha value is -1.65. The molecule has 1 spiro atoms. The number of hydrogen-bond acceptors (Lipinski definition) is 4. The first kappa shape index (κ1) is 14.3. The van der Waals surface area contributed by atoms with Crippen LogP contribution in [-0.2, 0) is 0 Å². The van der Waals surface area contributed by atoms with E-state index in [-0.39, 0.29) is 5.91 Å². The van der Waals surface area contributed by atoms with Gasteiger partial charge in [0.05, 0.1) is 7.11 Å². The van der Waals surface area contributed by atoms with Crippen LogP contribution in [0.25, 0.3) is 0 Å². The predicted molar refractivity (Wildman–Crippen MR) is 79.2 cm³/mol. The van der Waals surface area contributed by atoms with Gasteiger partial charge in [0.25, 0.3) is 5.91 Å². The van der Waals surface area contributed by atoms with E-state index in [1.54, 1.807) is 19.2 Å². The van der Waals surface area contributed by atoms with Crippen molar-refractivity contribution in [3.05, 3.63) is 17.8 Å². The summed E-state index contributed by atoms with van der Waals surface area (Å²) in [6, 6.07) is 3.38. The lowest BCUT2D eigenvalue weighted by Crippen LogP contribution is -2.44. The van der Waals surface area contributed by atoms with Crippen molar-refractivity contribution in [1.82, 2.24) is 15.1 Å². The van der Waals surface area contributed by atoms with E-state index in [1.165, 1.54) is 32.1 Å². The second-order valence-corrected chi connectivity index (χ2v) is 6.31. The zero-order valence-corrected chi connectivity index (χ0v) is 12.7. The van der Waals surface area contributed by atoms with Crippen LogP contribution in [0.4, 0.5) is 0 Å². The third kappa shape index (κ3) is 3.01. The number of aromatic nitrogens is 2. The highest BCUT2D eigenvalue weighted by atomic mass is 16.5. The summed E-state index contributed by atoms with van der Waals surface area (Å²) in [4.78, 5) is 14.4. The summed E-state index contributed by atoms with van der Waals surface area (Å²) in [5, 5.41) is 7.84. The second-order valence-electron chi connectivity index (χ2n) is 6.31. The molecule has 114 valence electrons. The molecule has 1 aromatic rings. The molecule has 1 aliphatic carbocycles. The van der Waals surface area contributed by atoms with Gasteiger partial charge in [-0.15, -0.1) is 10.2 Å². The predicted octanol–water partition coefficient (Wildman–Crippen LogP) is 2.67. The maximum atomic E-state index is 12.5. The van der Waals surface area contributed by atoms with Crippen LogP contribution < -0.4 is 4.74 Å². The summed E-state index contributed by atoms with van der Waals surface area (Å²) < 4.78 is 4.97. The molecular formula is C16H23N3O2. The Balaban J connectivity index is 1.61. The van der Waals surface area contributed by atoms with Gasteiger partial charge in [-0.2, -0.15) is 0 Å². The van der Waals surface area contributed by atoms with Crippen molar-refractivity contribution in [3.63, 3.8) is 0 Å². The topological polar surface area (TPSA) is 55.3 Å². The van der Waals surface area contributed by atoms with E-state index in [0.717, 1.165) is 25.9 Å². The summed E-state index contributed by atoms with van der Waals surface area (Å²) in [6.07, 6.45) is 9.07. The van der Waals surface area contributed by atoms with Crippen LogP contribution >= 0.6 is 0 Å². The number of carbonyl (C=O) groups excluding carboxylic acids is 1. The average Bonchev–Trinajstić information content (AvgIpc) is 2.56. The number of likely N-dealkylation sites (tertiary alicyclic amines) is 1. The first-order valence-corrected chi connectivity index (χ1v) is 7.89. The first-order valence-electron chi connectivity index (χ1n) is 7.89. The molecule has 5 nitrogen and oxygen atoms in total. The highest BCUT2D eigenvalue weighted by Gasteiger charge is 2.36. The fourth-order valence-electron chi connectivity index (χ4n) is 3.69. The lowest BCUT2D eigenvalue weighted by atomic mass is 9.68. The van der Waals surface area contributed by atoms with Crippen molar-refractivity contribution in [2.24, 2.45) is 5.41 Å². The Morgan fingerprint density at radius 2 is 1.81 bits per heavy atom. The summed E-state index contributed by atoms with van der Waals surface area (Å²) in [5.41, 5.74) is 0.927. The van der Waals surface area contributed by atoms with Gasteiger partial charge < -0.3 is 9.64 Å². The third-order valence-corrected chi connectivity index (χ3v) is 5.09. The molecule has 1 aliphatic heterocycles. The van der Waals surface area contributed by atoms with Gasteiger partial charge in [-0.3, -0.25) is 4.79 Å². The molecule has 21 heavy (non-hydrogen) atoms. The van der Waals surface area contributed by atoms with E-state index in [0.29, 0.717) is 17.0 Å². The highest BCUT2D eigenvalue weighted by molar-refractivity contribution is 5.92. The molecule has 0 atom stereocenters. The van der Waals surface area contributed by atoms with Gasteiger partial charge in [-0.05, 0) is 37.2 Å². The molecule has 3 rings (SSSR count). The molecule has 1 saturated carbocycles. The van der Waals surface area contributed by atoms with Crippen molar-refractivity contribution < 1.29 is 9.53 Å². The fourth-order valence-corrected chi connectivity index (χ4v) is 3.69. The van der Waals surface area contributed by atoms with Gasteiger partial charge in [0.2, 0.25) is 5.88 Å². The number of nitrogens with zero attached hydrogens (tertiary/aromatic N) is 3. The standard InChI is InChI=1S/C16H23N3O2/c1-21-14-6-5-13(17-18-14)15(20)19-11-9-16(10-12-19)7-3-2-4-8-16/h5-6H,2-4,7-12H2,1H3. The van der Waals surface area contributed by atoms with Crippen molar-refractivity contribution in [2.75, 3.05) is 20.2 Å². The van der Waals surface area contributed by atoms with Gasteiger partial charge in [0, 0.05) is 19.2 Å². The molecule has 2 heterocycles. The van der Waals surface area contributed by atoms with Gasteiger partial charge >= 0.3 is 0 Å². The maximum Gasteiger partial charge on any atom is 0.274 e. The summed E-state index contributed by atoms with van der Waals surface area (Å²) >= 11 is 0. The Morgan fingerprint density at radius 1 is 1.10 bits per heavy atom. The van der Waals surface area contributed by atoms with Gasteiger partial charge in [-0.1, -0.05) is 19.3 Å². The van der Waals surface area contributed by atoms with E-state index in [4.69, 9.17) is 4.74 Å². The Labute approximate surface area is 125 Å². The largest absolute Gasteiger partial charge is 0.480 e. The zero-order chi connectivity index (χ0) is 14.7. The third-order valence-electron chi connectivity index (χ3n) is 5.09. The van der Waals surface area contributed by atoms with Crippen LogP contribution in [0, 0.1) is 5.41 Å². The summed E-state index contributed by atoms with van der Waals surface area (Å²) in [6.45, 7) is 1.71. The normalized spacial score (nSPS) is 21.3. The Kier molecular flexibility index (Phi) is 4.08. The van der Waals surface area contributed by atoms with Crippen molar-refractivity contribution >= 4 is 5.91 Å². The lowest BCUT2D eigenvalue weighted by molar-refractivity contribution is 0.0466. The van der Waals surface area contributed by atoms with E-state index in [1.807, 2.05) is 4.90 Å². The molecular weight excluding hydrogens is 266 g/mol. The van der Waals surface area contributed by atoms with Crippen LogP contribution in [0.2, 0.25) is 0 Å². The maximum absolute atomic E-state index is 12.5. The molecule has 1 aromatic heterocycles. The molecule has 2 fully saturated rings. The molecule has 0 aromatic carbocycles. The van der Waals surface area contributed by atoms with E-state index >= 15 is 0 Å². The van der Waals surface area contributed by atoms with Gasteiger partial charge in [-0.25, -0.2) is 0 Å². The second kappa shape index (κ2) is 6.00. The number of hydrogen-bond donors (Lipinski definition) is 0. The average molecular weight is 289 g/mol. The Morgan fingerprint density at radius 3 is 2.38 bits per heavy atom. The minimum Gasteiger partial charge on any atom is -0.480 e. The summed E-state index contributed by atoms with van der Waals surface area (Å²) in [5.74, 6) is 0.433. The molecule has 0 bridgehead atoms. The number of methoxy groups -OCH3 is 1. The SMILES string of the molecule is COc1ccc(C(=O)N2CCC3(CCCCC3)CC2)nn1. The van der Waals surface area contributed by atoms with Crippen LogP contribution in [0.15, 0.2) is 12.1 Å². The molecule has 1 saturated heterocycles. The minimum absolute atomic E-state index is 0.00388. The summed E-state index contributed by atoms with van der Waals surface area (Å²) in [7, 11) is 1.54. The van der Waals surface area contributed by atoms with Crippen LogP contribution in [0.5, 0.6) is 5.88 Å². The van der Waals surface area contributed by atoms with E-state index in [2.05, 4.69) is 10.2 Å². The zero-order valence-electron chi connectivity index (χ0n) is 12.7. The number of carbonyl (C=O) groups is 1. The fraction of sp³-hybridized carbons (Fsp3) is 0.688. The van der Waals surface area contributed by atoms with Crippen LogP contribution in [0.1, 0.15) is 55.4 Å².